The second-order valence-electron chi connectivity index (χ2n) is 3.80. The molecule has 2 N–H and O–H groups in total. The summed E-state index contributed by atoms with van der Waals surface area (Å²) >= 11 is 4.69. The van der Waals surface area contributed by atoms with Crippen molar-refractivity contribution < 1.29 is 9.18 Å². The molecule has 0 aliphatic rings. The minimum absolute atomic E-state index is 0.151. The number of aromatic nitrogens is 1. The van der Waals surface area contributed by atoms with Gasteiger partial charge in [-0.2, -0.15) is 0 Å². The molecule has 19 heavy (non-hydrogen) atoms. The fourth-order valence-electron chi connectivity index (χ4n) is 1.41. The molecule has 0 radical (unpaired) electrons. The zero-order valence-corrected chi connectivity index (χ0v) is 12.4. The second-order valence-corrected chi connectivity index (χ2v) is 5.52. The minimum atomic E-state index is -0.303. The van der Waals surface area contributed by atoms with Crippen molar-refractivity contribution in [3.8, 4) is 0 Å². The summed E-state index contributed by atoms with van der Waals surface area (Å²) in [5.74, 6) is -0.454. The van der Waals surface area contributed by atoms with Crippen LogP contribution in [0.5, 0.6) is 0 Å². The molecule has 4 nitrogen and oxygen atoms in total. The summed E-state index contributed by atoms with van der Waals surface area (Å²) in [4.78, 5) is 15.1. The third-order valence-corrected chi connectivity index (χ3v) is 3.72. The molecule has 0 unspecified atom stereocenters. The van der Waals surface area contributed by atoms with Crippen LogP contribution in [0.2, 0.25) is 0 Å². The average molecular weight is 344 g/mol. The van der Waals surface area contributed by atoms with E-state index in [1.165, 1.54) is 30.4 Å². The number of halogens is 2. The first-order valence-corrected chi connectivity index (χ1v) is 7.13. The van der Waals surface area contributed by atoms with Crippen LogP contribution in [0.1, 0.15) is 12.6 Å². The van der Waals surface area contributed by atoms with E-state index in [1.807, 2.05) is 5.38 Å². The zero-order valence-electron chi connectivity index (χ0n) is 10.0. The van der Waals surface area contributed by atoms with Gasteiger partial charge < -0.3 is 10.6 Å². The monoisotopic (exact) mass is 343 g/mol. The molecule has 0 saturated carbocycles. The van der Waals surface area contributed by atoms with Crippen molar-refractivity contribution in [3.05, 3.63) is 39.6 Å². The molecule has 2 rings (SSSR count). The zero-order chi connectivity index (χ0) is 13.8. The summed E-state index contributed by atoms with van der Waals surface area (Å²) in [6.07, 6.45) is 0. The largest absolute Gasteiger partial charge is 0.378 e. The van der Waals surface area contributed by atoms with Gasteiger partial charge in [-0.15, -0.1) is 11.3 Å². The van der Waals surface area contributed by atoms with Crippen LogP contribution in [0, 0.1) is 5.82 Å². The molecule has 0 saturated heterocycles. The predicted molar refractivity (Wildman–Crippen MR) is 77.8 cm³/mol. The first kappa shape index (κ1) is 14.0. The number of hydrogen-bond donors (Lipinski definition) is 2. The van der Waals surface area contributed by atoms with Crippen LogP contribution in [0.15, 0.2) is 28.1 Å². The molecule has 2 aromatic rings. The van der Waals surface area contributed by atoms with Crippen molar-refractivity contribution in [2.75, 3.05) is 10.6 Å². The predicted octanol–water partition coefficient (Wildman–Crippen LogP) is 3.62. The molecule has 1 aromatic carbocycles. The second kappa shape index (κ2) is 6.12. The van der Waals surface area contributed by atoms with Crippen LogP contribution < -0.4 is 10.6 Å². The molecular weight excluding hydrogens is 333 g/mol. The Morgan fingerprint density at radius 3 is 3.05 bits per heavy atom. The Morgan fingerprint density at radius 1 is 1.53 bits per heavy atom. The lowest BCUT2D eigenvalue weighted by molar-refractivity contribution is -0.114. The topological polar surface area (TPSA) is 54.0 Å². The van der Waals surface area contributed by atoms with Crippen molar-refractivity contribution >= 4 is 44.0 Å². The van der Waals surface area contributed by atoms with E-state index in [0.29, 0.717) is 17.4 Å². The van der Waals surface area contributed by atoms with Crippen LogP contribution in [0.4, 0.5) is 15.2 Å². The van der Waals surface area contributed by atoms with E-state index >= 15 is 0 Å². The third-order valence-electron chi connectivity index (χ3n) is 2.22. The maximum Gasteiger partial charge on any atom is 0.223 e. The number of carbonyl (C=O) groups excluding carboxylic acids is 1. The highest BCUT2D eigenvalue weighted by atomic mass is 79.9. The first-order valence-electron chi connectivity index (χ1n) is 5.45. The molecule has 0 spiro atoms. The Kier molecular flexibility index (Phi) is 4.49. The molecule has 1 heterocycles. The molecule has 0 atom stereocenters. The van der Waals surface area contributed by atoms with Gasteiger partial charge in [-0.05, 0) is 34.1 Å². The van der Waals surface area contributed by atoms with E-state index < -0.39 is 0 Å². The first-order chi connectivity index (χ1) is 9.04. The molecule has 0 aliphatic heterocycles. The molecule has 1 amide bonds. The highest BCUT2D eigenvalue weighted by Gasteiger charge is 2.05. The number of rotatable bonds is 4. The molecule has 1 aromatic heterocycles. The summed E-state index contributed by atoms with van der Waals surface area (Å²) in [5, 5.41) is 8.09. The summed E-state index contributed by atoms with van der Waals surface area (Å²) in [6, 6.07) is 4.43. The van der Waals surface area contributed by atoms with Gasteiger partial charge in [0.25, 0.3) is 0 Å². The van der Waals surface area contributed by atoms with Gasteiger partial charge in [0.15, 0.2) is 5.13 Å². The molecule has 100 valence electrons. The lowest BCUT2D eigenvalue weighted by Gasteiger charge is -2.06. The molecular formula is C12H11BrFN3OS. The van der Waals surface area contributed by atoms with E-state index in [-0.39, 0.29) is 11.7 Å². The van der Waals surface area contributed by atoms with E-state index in [2.05, 4.69) is 31.5 Å². The van der Waals surface area contributed by atoms with Gasteiger partial charge in [0, 0.05) is 16.8 Å². The van der Waals surface area contributed by atoms with Crippen molar-refractivity contribution in [1.82, 2.24) is 4.98 Å². The van der Waals surface area contributed by atoms with E-state index in [1.54, 1.807) is 6.07 Å². The summed E-state index contributed by atoms with van der Waals surface area (Å²) in [7, 11) is 0. The highest BCUT2D eigenvalue weighted by molar-refractivity contribution is 9.10. The standard InChI is InChI=1S/C12H11BrFN3OS/c1-7(18)16-12-17-9(6-19-12)5-15-11-4-8(14)2-3-10(11)13/h2-4,6,15H,5H2,1H3,(H,16,17,18). The lowest BCUT2D eigenvalue weighted by atomic mass is 10.3. The Balaban J connectivity index is 2.00. The van der Waals surface area contributed by atoms with Crippen molar-refractivity contribution in [2.45, 2.75) is 13.5 Å². The third kappa shape index (κ3) is 4.00. The van der Waals surface area contributed by atoms with E-state index in [9.17, 15) is 9.18 Å². The van der Waals surface area contributed by atoms with Gasteiger partial charge in [0.2, 0.25) is 5.91 Å². The van der Waals surface area contributed by atoms with E-state index in [4.69, 9.17) is 0 Å². The Hall–Kier alpha value is -1.47. The smallest absolute Gasteiger partial charge is 0.223 e. The van der Waals surface area contributed by atoms with Gasteiger partial charge in [-0.3, -0.25) is 4.79 Å². The minimum Gasteiger partial charge on any atom is -0.378 e. The van der Waals surface area contributed by atoms with Gasteiger partial charge in [-0.1, -0.05) is 0 Å². The fourth-order valence-corrected chi connectivity index (χ4v) is 2.56. The number of anilines is 2. The van der Waals surface area contributed by atoms with Crippen LogP contribution in [0.3, 0.4) is 0 Å². The summed E-state index contributed by atoms with van der Waals surface area (Å²) in [6.45, 7) is 1.89. The molecule has 0 fully saturated rings. The molecule has 7 heteroatoms. The highest BCUT2D eigenvalue weighted by Crippen LogP contribution is 2.24. The van der Waals surface area contributed by atoms with Crippen molar-refractivity contribution in [2.24, 2.45) is 0 Å². The number of amides is 1. The SMILES string of the molecule is CC(=O)Nc1nc(CNc2cc(F)ccc2Br)cs1. The molecule has 0 aliphatic carbocycles. The number of thiazole rings is 1. The van der Waals surface area contributed by atoms with E-state index in [0.717, 1.165) is 10.2 Å². The number of hydrogen-bond acceptors (Lipinski definition) is 4. The van der Waals surface area contributed by atoms with Crippen LogP contribution in [-0.2, 0) is 11.3 Å². The van der Waals surface area contributed by atoms with Crippen LogP contribution in [0.25, 0.3) is 0 Å². The Morgan fingerprint density at radius 2 is 2.32 bits per heavy atom. The number of benzene rings is 1. The van der Waals surface area contributed by atoms with Crippen molar-refractivity contribution in [1.29, 1.82) is 0 Å². The maximum absolute atomic E-state index is 13.1. The van der Waals surface area contributed by atoms with Gasteiger partial charge in [-0.25, -0.2) is 9.37 Å². The normalized spacial score (nSPS) is 10.3. The lowest BCUT2D eigenvalue weighted by Crippen LogP contribution is -2.06. The summed E-state index contributed by atoms with van der Waals surface area (Å²) in [5.41, 5.74) is 1.44. The average Bonchev–Trinajstić information content (AvgIpc) is 2.77. The Labute approximate surface area is 122 Å². The van der Waals surface area contributed by atoms with Gasteiger partial charge in [0.1, 0.15) is 5.82 Å². The number of nitrogens with zero attached hydrogens (tertiary/aromatic N) is 1. The van der Waals surface area contributed by atoms with Crippen LogP contribution >= 0.6 is 27.3 Å². The quantitative estimate of drug-likeness (QED) is 0.891. The number of carbonyl (C=O) groups is 1. The number of nitrogens with one attached hydrogen (secondary N) is 2. The maximum atomic E-state index is 13.1. The molecule has 0 bridgehead atoms. The van der Waals surface area contributed by atoms with Crippen LogP contribution in [-0.4, -0.2) is 10.9 Å². The fraction of sp³-hybridized carbons (Fsp3) is 0.167. The summed E-state index contributed by atoms with van der Waals surface area (Å²) < 4.78 is 13.9. The Bertz CT molecular complexity index is 602. The van der Waals surface area contributed by atoms with Crippen molar-refractivity contribution in [3.63, 3.8) is 0 Å². The van der Waals surface area contributed by atoms with Gasteiger partial charge >= 0.3 is 0 Å². The van der Waals surface area contributed by atoms with Gasteiger partial charge in [0.05, 0.1) is 17.9 Å².